The van der Waals surface area contributed by atoms with Gasteiger partial charge in [0, 0.05) is 60.3 Å². The Balaban J connectivity index is 1.18. The summed E-state index contributed by atoms with van der Waals surface area (Å²) in [6, 6.07) is 27.1. The van der Waals surface area contributed by atoms with Gasteiger partial charge in [-0.1, -0.05) is 145 Å². The number of hydrogen-bond donors (Lipinski definition) is 0. The summed E-state index contributed by atoms with van der Waals surface area (Å²) in [6.45, 7) is 11.7. The molecule has 0 amide bonds. The summed E-state index contributed by atoms with van der Waals surface area (Å²) < 4.78 is 12.2. The number of methoxy groups -OCH3 is 2. The first-order valence-electron chi connectivity index (χ1n) is 23.6. The number of hydrogen-bond acceptors (Lipinski definition) is 5. The second-order valence-corrected chi connectivity index (χ2v) is 18.5. The van der Waals surface area contributed by atoms with Crippen molar-refractivity contribution in [3.8, 4) is 0 Å². The van der Waals surface area contributed by atoms with Crippen LogP contribution >= 0.6 is 0 Å². The van der Waals surface area contributed by atoms with Gasteiger partial charge in [0.2, 0.25) is 5.69 Å². The number of ether oxygens (including phenoxy) is 2. The van der Waals surface area contributed by atoms with Crippen molar-refractivity contribution in [2.24, 2.45) is 0 Å². The number of anilines is 1. The molecule has 0 atom stereocenters. The van der Waals surface area contributed by atoms with Gasteiger partial charge in [-0.15, -0.1) is 0 Å². The fourth-order valence-electron chi connectivity index (χ4n) is 10.2. The number of carbonyl (C=O) groups excluding carboxylic acids is 2. The maximum atomic E-state index is 11.4. The Bertz CT molecular complexity index is 2210. The monoisotopic (exact) mass is 826 g/mol. The molecule has 326 valence electrons. The molecule has 0 saturated heterocycles. The van der Waals surface area contributed by atoms with E-state index in [1.54, 1.807) is 0 Å². The van der Waals surface area contributed by atoms with Crippen molar-refractivity contribution >= 4 is 50.6 Å². The van der Waals surface area contributed by atoms with Crippen LogP contribution in [0.15, 0.2) is 96.7 Å². The third-order valence-electron chi connectivity index (χ3n) is 13.5. The molecule has 61 heavy (non-hydrogen) atoms. The number of esters is 2. The smallest absolute Gasteiger partial charge is 0.305 e. The molecule has 0 saturated carbocycles. The maximum absolute atomic E-state index is 11.4. The van der Waals surface area contributed by atoms with E-state index < -0.39 is 0 Å². The highest BCUT2D eigenvalue weighted by Gasteiger charge is 2.45. The van der Waals surface area contributed by atoms with Crippen LogP contribution in [0.4, 0.5) is 11.4 Å². The second-order valence-electron chi connectivity index (χ2n) is 18.5. The van der Waals surface area contributed by atoms with Crippen molar-refractivity contribution in [3.63, 3.8) is 0 Å². The molecule has 2 aliphatic rings. The van der Waals surface area contributed by atoms with E-state index in [9.17, 15) is 9.59 Å². The molecule has 6 rings (SSSR count). The van der Waals surface area contributed by atoms with Gasteiger partial charge in [-0.25, -0.2) is 0 Å². The Kier molecular flexibility index (Phi) is 16.4. The summed E-state index contributed by atoms with van der Waals surface area (Å²) in [5.41, 5.74) is 8.02. The quantitative estimate of drug-likeness (QED) is 0.0400. The molecule has 0 aliphatic carbocycles. The first kappa shape index (κ1) is 45.8. The summed E-state index contributed by atoms with van der Waals surface area (Å²) in [4.78, 5) is 25.5. The second kappa shape index (κ2) is 21.9. The van der Waals surface area contributed by atoms with E-state index in [0.29, 0.717) is 12.8 Å². The molecule has 4 aromatic carbocycles. The van der Waals surface area contributed by atoms with Crippen LogP contribution in [0, 0.1) is 0 Å². The van der Waals surface area contributed by atoms with Crippen LogP contribution in [0.25, 0.3) is 21.5 Å². The van der Waals surface area contributed by atoms with Crippen molar-refractivity contribution in [2.75, 3.05) is 32.2 Å². The maximum Gasteiger partial charge on any atom is 0.305 e. The van der Waals surface area contributed by atoms with Crippen LogP contribution < -0.4 is 4.90 Å². The number of fused-ring (bicyclic) bond motifs is 6. The summed E-state index contributed by atoms with van der Waals surface area (Å²) in [5, 5.41) is 5.32. The minimum Gasteiger partial charge on any atom is -0.469 e. The first-order chi connectivity index (χ1) is 29.6. The minimum absolute atomic E-state index is 0.0956. The topological polar surface area (TPSA) is 58.8 Å². The van der Waals surface area contributed by atoms with E-state index >= 15 is 0 Å². The lowest BCUT2D eigenvalue weighted by atomic mass is 9.79. The van der Waals surface area contributed by atoms with Gasteiger partial charge in [0.15, 0.2) is 5.71 Å². The zero-order chi connectivity index (χ0) is 43.2. The molecule has 4 aromatic rings. The van der Waals surface area contributed by atoms with Crippen molar-refractivity contribution < 1.29 is 23.6 Å². The van der Waals surface area contributed by atoms with Crippen LogP contribution in [-0.2, 0) is 29.9 Å². The molecular weight excluding hydrogens is 753 g/mol. The van der Waals surface area contributed by atoms with Gasteiger partial charge in [0.25, 0.3) is 0 Å². The van der Waals surface area contributed by atoms with Crippen molar-refractivity contribution in [2.45, 2.75) is 154 Å². The lowest BCUT2D eigenvalue weighted by molar-refractivity contribution is -0.438. The van der Waals surface area contributed by atoms with Crippen LogP contribution in [-0.4, -0.2) is 49.5 Å². The fourth-order valence-corrected chi connectivity index (χ4v) is 10.2. The van der Waals surface area contributed by atoms with E-state index in [1.807, 2.05) is 0 Å². The normalized spacial score (nSPS) is 16.0. The standard InChI is InChI=1S/C55H73N2O4/c1-54(2)48(56(46-38-36-42-28-21-23-30-44(42)52(46)54)40-25-17-13-9-7-11-15-19-34-50(58)60-5)32-27-33-49-55(3,4)53-45-31-24-22-29-43(45)37-39-47(53)57(49)41-26-18-14-10-8-12-16-20-35-51(59)61-6/h21-24,27-33,36-39H,7-20,25-26,34-35,40-41H2,1-6H3/q+1. The van der Waals surface area contributed by atoms with E-state index in [1.165, 1.54) is 134 Å². The molecule has 0 radical (unpaired) electrons. The van der Waals surface area contributed by atoms with Gasteiger partial charge in [-0.05, 0) is 84.8 Å². The van der Waals surface area contributed by atoms with Gasteiger partial charge in [-0.3, -0.25) is 9.59 Å². The Hall–Kier alpha value is -4.71. The zero-order valence-corrected chi connectivity index (χ0v) is 38.3. The highest BCUT2D eigenvalue weighted by Crippen LogP contribution is 2.51. The first-order valence-corrected chi connectivity index (χ1v) is 23.6. The van der Waals surface area contributed by atoms with Gasteiger partial charge >= 0.3 is 11.9 Å². The third-order valence-corrected chi connectivity index (χ3v) is 13.5. The Morgan fingerprint density at radius 1 is 0.574 bits per heavy atom. The number of unbranched alkanes of at least 4 members (excludes halogenated alkanes) is 14. The predicted molar refractivity (Wildman–Crippen MR) is 255 cm³/mol. The molecule has 0 N–H and O–H groups in total. The minimum atomic E-state index is -0.152. The van der Waals surface area contributed by atoms with Crippen molar-refractivity contribution in [1.82, 2.24) is 0 Å². The van der Waals surface area contributed by atoms with E-state index in [2.05, 4.69) is 128 Å². The molecule has 0 fully saturated rings. The summed E-state index contributed by atoms with van der Waals surface area (Å²) >= 11 is 0. The highest BCUT2D eigenvalue weighted by atomic mass is 16.5. The van der Waals surface area contributed by atoms with Gasteiger partial charge in [-0.2, -0.15) is 4.58 Å². The lowest BCUT2D eigenvalue weighted by Gasteiger charge is -2.27. The van der Waals surface area contributed by atoms with Gasteiger partial charge in [0.05, 0.1) is 19.6 Å². The number of allylic oxidation sites excluding steroid dienone is 4. The summed E-state index contributed by atoms with van der Waals surface area (Å²) in [5.74, 6) is -0.191. The number of rotatable bonds is 24. The Morgan fingerprint density at radius 3 is 1.64 bits per heavy atom. The average molecular weight is 826 g/mol. The van der Waals surface area contributed by atoms with E-state index in [4.69, 9.17) is 9.47 Å². The molecule has 0 spiro atoms. The lowest BCUT2D eigenvalue weighted by Crippen LogP contribution is -2.28. The molecular formula is C55H73N2O4+. The van der Waals surface area contributed by atoms with Crippen LogP contribution in [0.3, 0.4) is 0 Å². The summed E-state index contributed by atoms with van der Waals surface area (Å²) in [7, 11) is 2.94. The molecule has 6 nitrogen and oxygen atoms in total. The van der Waals surface area contributed by atoms with Crippen molar-refractivity contribution in [1.29, 1.82) is 0 Å². The van der Waals surface area contributed by atoms with Gasteiger partial charge < -0.3 is 14.4 Å². The molecule has 6 heteroatoms. The van der Waals surface area contributed by atoms with Crippen LogP contribution in [0.2, 0.25) is 0 Å². The third kappa shape index (κ3) is 11.0. The molecule has 2 aliphatic heterocycles. The molecule has 0 unspecified atom stereocenters. The Labute approximate surface area is 367 Å². The molecule has 0 bridgehead atoms. The largest absolute Gasteiger partial charge is 0.469 e. The average Bonchev–Trinajstić information content (AvgIpc) is 3.62. The zero-order valence-electron chi connectivity index (χ0n) is 38.3. The number of benzene rings is 4. The highest BCUT2D eigenvalue weighted by molar-refractivity contribution is 6.07. The Morgan fingerprint density at radius 2 is 1.07 bits per heavy atom. The van der Waals surface area contributed by atoms with Crippen LogP contribution in [0.5, 0.6) is 0 Å². The van der Waals surface area contributed by atoms with Crippen molar-refractivity contribution in [3.05, 3.63) is 108 Å². The fraction of sp³-hybridized carbons (Fsp3) is 0.509. The molecule has 0 aromatic heterocycles. The SMILES string of the molecule is COC(=O)CCCCCCCCCCN1/C(=C\C=C\C2=[N+](CCCCCCCCCCC(=O)OC)c3ccc4ccccc4c3C2(C)C)C(C)(C)c2c1ccc1ccccc21. The van der Waals surface area contributed by atoms with E-state index in [0.717, 1.165) is 51.6 Å². The molecule has 2 heterocycles. The van der Waals surface area contributed by atoms with Gasteiger partial charge in [0.1, 0.15) is 6.54 Å². The van der Waals surface area contributed by atoms with Crippen LogP contribution in [0.1, 0.15) is 154 Å². The summed E-state index contributed by atoms with van der Waals surface area (Å²) in [6.07, 6.45) is 26.9. The predicted octanol–water partition coefficient (Wildman–Crippen LogP) is 14.0. The number of nitrogens with zero attached hydrogens (tertiary/aromatic N) is 2. The van der Waals surface area contributed by atoms with E-state index in [-0.39, 0.29) is 22.8 Å². The number of carbonyl (C=O) groups is 2.